The molecule has 120 valence electrons. The maximum atomic E-state index is 3.66. The van der Waals surface area contributed by atoms with Gasteiger partial charge < -0.3 is 10.2 Å². The summed E-state index contributed by atoms with van der Waals surface area (Å²) in [6.45, 7) is 20.1. The van der Waals surface area contributed by atoms with Crippen LogP contribution in [0.25, 0.3) is 0 Å². The number of nitrogens with zero attached hydrogens (tertiary/aromatic N) is 1. The first-order valence-corrected chi connectivity index (χ1v) is 8.70. The van der Waals surface area contributed by atoms with E-state index >= 15 is 0 Å². The van der Waals surface area contributed by atoms with Gasteiger partial charge in [0.05, 0.1) is 0 Å². The van der Waals surface area contributed by atoms with Crippen LogP contribution in [0.1, 0.15) is 67.7 Å². The van der Waals surface area contributed by atoms with Gasteiger partial charge in [-0.15, -0.1) is 0 Å². The summed E-state index contributed by atoms with van der Waals surface area (Å²) in [7, 11) is 0. The van der Waals surface area contributed by atoms with Gasteiger partial charge in [0, 0.05) is 11.6 Å². The molecule has 2 heteroatoms. The normalized spacial score (nSPS) is 25.5. The van der Waals surface area contributed by atoms with Crippen LogP contribution in [0.2, 0.25) is 0 Å². The Morgan fingerprint density at radius 2 is 1.70 bits per heavy atom. The van der Waals surface area contributed by atoms with Crippen molar-refractivity contribution in [2.45, 2.75) is 79.3 Å². The Labute approximate surface area is 127 Å². The summed E-state index contributed by atoms with van der Waals surface area (Å²) in [4.78, 5) is 2.73. The monoisotopic (exact) mass is 282 g/mol. The van der Waals surface area contributed by atoms with Crippen LogP contribution in [0.4, 0.5) is 0 Å². The highest BCUT2D eigenvalue weighted by molar-refractivity contribution is 4.81. The van der Waals surface area contributed by atoms with Crippen molar-refractivity contribution in [2.75, 3.05) is 19.6 Å². The molecular formula is C18H38N2. The van der Waals surface area contributed by atoms with Gasteiger partial charge in [0.15, 0.2) is 0 Å². The van der Waals surface area contributed by atoms with Crippen molar-refractivity contribution in [1.82, 2.24) is 10.2 Å². The van der Waals surface area contributed by atoms with Crippen LogP contribution in [-0.4, -0.2) is 36.1 Å². The second-order valence-electron chi connectivity index (χ2n) is 8.32. The standard InChI is InChI=1S/C18H38N2/c1-14(2)17-9-8-11-20(12-10-17)16(4)15(3)13-19-18(5,6)7/h14-17,19H,8-13H2,1-7H3. The van der Waals surface area contributed by atoms with E-state index in [2.05, 4.69) is 58.7 Å². The highest BCUT2D eigenvalue weighted by atomic mass is 15.2. The van der Waals surface area contributed by atoms with Crippen molar-refractivity contribution in [3.8, 4) is 0 Å². The number of hydrogen-bond donors (Lipinski definition) is 1. The average Bonchev–Trinajstić information content (AvgIpc) is 2.59. The van der Waals surface area contributed by atoms with Crippen LogP contribution >= 0.6 is 0 Å². The van der Waals surface area contributed by atoms with Crippen molar-refractivity contribution >= 4 is 0 Å². The molecule has 0 aromatic rings. The predicted molar refractivity (Wildman–Crippen MR) is 90.1 cm³/mol. The molecule has 0 saturated carbocycles. The van der Waals surface area contributed by atoms with Gasteiger partial charge in [-0.3, -0.25) is 0 Å². The first-order chi connectivity index (χ1) is 9.20. The Kier molecular flexibility index (Phi) is 7.00. The Balaban J connectivity index is 2.44. The van der Waals surface area contributed by atoms with Crippen molar-refractivity contribution in [2.24, 2.45) is 17.8 Å². The molecule has 1 N–H and O–H groups in total. The maximum Gasteiger partial charge on any atom is 0.0105 e. The lowest BCUT2D eigenvalue weighted by Crippen LogP contribution is -2.45. The number of rotatable bonds is 5. The fraction of sp³-hybridized carbons (Fsp3) is 1.00. The molecule has 0 aliphatic carbocycles. The summed E-state index contributed by atoms with van der Waals surface area (Å²) in [5.41, 5.74) is 0.232. The Hall–Kier alpha value is -0.0800. The van der Waals surface area contributed by atoms with E-state index in [-0.39, 0.29) is 5.54 Å². The molecule has 1 rings (SSSR count). The Morgan fingerprint density at radius 1 is 1.05 bits per heavy atom. The third kappa shape index (κ3) is 6.13. The van der Waals surface area contributed by atoms with Crippen LogP contribution < -0.4 is 5.32 Å². The molecule has 20 heavy (non-hydrogen) atoms. The molecule has 3 atom stereocenters. The fourth-order valence-electron chi connectivity index (χ4n) is 3.22. The molecule has 3 unspecified atom stereocenters. The first-order valence-electron chi connectivity index (χ1n) is 8.70. The molecule has 0 aromatic carbocycles. The van der Waals surface area contributed by atoms with Crippen molar-refractivity contribution in [3.05, 3.63) is 0 Å². The molecule has 1 fully saturated rings. The van der Waals surface area contributed by atoms with Crippen molar-refractivity contribution in [3.63, 3.8) is 0 Å². The van der Waals surface area contributed by atoms with E-state index in [1.54, 1.807) is 0 Å². The highest BCUT2D eigenvalue weighted by Gasteiger charge is 2.25. The molecule has 0 spiro atoms. The summed E-state index contributed by atoms with van der Waals surface area (Å²) >= 11 is 0. The minimum Gasteiger partial charge on any atom is -0.312 e. The van der Waals surface area contributed by atoms with Gasteiger partial charge in [-0.1, -0.05) is 20.8 Å². The molecule has 1 saturated heterocycles. The van der Waals surface area contributed by atoms with E-state index in [0.29, 0.717) is 12.0 Å². The molecular weight excluding hydrogens is 244 g/mol. The van der Waals surface area contributed by atoms with E-state index in [1.807, 2.05) is 0 Å². The molecule has 0 amide bonds. The molecule has 2 nitrogen and oxygen atoms in total. The SMILES string of the molecule is CC(C)C1CCCN(C(C)C(C)CNC(C)(C)C)CC1. The molecule has 0 aromatic heterocycles. The molecule has 0 radical (unpaired) electrons. The van der Waals surface area contributed by atoms with Gasteiger partial charge in [-0.25, -0.2) is 0 Å². The largest absolute Gasteiger partial charge is 0.312 e. The van der Waals surface area contributed by atoms with E-state index < -0.39 is 0 Å². The first kappa shape index (κ1) is 18.0. The number of nitrogens with one attached hydrogen (secondary N) is 1. The average molecular weight is 283 g/mol. The number of likely N-dealkylation sites (tertiary alicyclic amines) is 1. The van der Waals surface area contributed by atoms with Crippen molar-refractivity contribution < 1.29 is 0 Å². The quantitative estimate of drug-likeness (QED) is 0.814. The molecule has 1 heterocycles. The predicted octanol–water partition coefficient (Wildman–Crippen LogP) is 4.16. The molecule has 0 bridgehead atoms. The van der Waals surface area contributed by atoms with E-state index in [1.165, 1.54) is 32.4 Å². The zero-order valence-corrected chi connectivity index (χ0v) is 15.0. The Bertz CT molecular complexity index is 267. The molecule has 1 aliphatic rings. The van der Waals surface area contributed by atoms with Gasteiger partial charge in [0.25, 0.3) is 0 Å². The Morgan fingerprint density at radius 3 is 2.25 bits per heavy atom. The lowest BCUT2D eigenvalue weighted by Gasteiger charge is -2.34. The summed E-state index contributed by atoms with van der Waals surface area (Å²) in [5, 5.41) is 3.66. The zero-order chi connectivity index (χ0) is 15.3. The maximum absolute atomic E-state index is 3.66. The summed E-state index contributed by atoms with van der Waals surface area (Å²) in [5.74, 6) is 2.50. The van der Waals surface area contributed by atoms with Gasteiger partial charge in [0.2, 0.25) is 0 Å². The van der Waals surface area contributed by atoms with Gasteiger partial charge in [-0.05, 0) is 84.3 Å². The van der Waals surface area contributed by atoms with Gasteiger partial charge in [0.1, 0.15) is 0 Å². The lowest BCUT2D eigenvalue weighted by atomic mass is 9.89. The van der Waals surface area contributed by atoms with Gasteiger partial charge >= 0.3 is 0 Å². The lowest BCUT2D eigenvalue weighted by molar-refractivity contribution is 0.157. The third-order valence-electron chi connectivity index (χ3n) is 5.10. The minimum absolute atomic E-state index is 0.232. The van der Waals surface area contributed by atoms with Crippen LogP contribution in [-0.2, 0) is 0 Å². The molecule has 1 aliphatic heterocycles. The second kappa shape index (κ2) is 7.79. The van der Waals surface area contributed by atoms with E-state index in [9.17, 15) is 0 Å². The van der Waals surface area contributed by atoms with Gasteiger partial charge in [-0.2, -0.15) is 0 Å². The van der Waals surface area contributed by atoms with E-state index in [0.717, 1.165) is 18.4 Å². The van der Waals surface area contributed by atoms with Crippen LogP contribution in [0.3, 0.4) is 0 Å². The third-order valence-corrected chi connectivity index (χ3v) is 5.10. The fourth-order valence-corrected chi connectivity index (χ4v) is 3.22. The summed E-state index contributed by atoms with van der Waals surface area (Å²) in [6.07, 6.45) is 4.20. The number of hydrogen-bond acceptors (Lipinski definition) is 2. The topological polar surface area (TPSA) is 15.3 Å². The minimum atomic E-state index is 0.232. The summed E-state index contributed by atoms with van der Waals surface area (Å²) in [6, 6.07) is 0.691. The zero-order valence-electron chi connectivity index (χ0n) is 15.0. The second-order valence-corrected chi connectivity index (χ2v) is 8.32. The summed E-state index contributed by atoms with van der Waals surface area (Å²) < 4.78 is 0. The van der Waals surface area contributed by atoms with Crippen LogP contribution in [0, 0.1) is 17.8 Å². The van der Waals surface area contributed by atoms with E-state index in [4.69, 9.17) is 0 Å². The smallest absolute Gasteiger partial charge is 0.0105 e. The van der Waals surface area contributed by atoms with Crippen LogP contribution in [0.5, 0.6) is 0 Å². The van der Waals surface area contributed by atoms with Crippen LogP contribution in [0.15, 0.2) is 0 Å². The highest BCUT2D eigenvalue weighted by Crippen LogP contribution is 2.26. The van der Waals surface area contributed by atoms with Crippen molar-refractivity contribution in [1.29, 1.82) is 0 Å².